The van der Waals surface area contributed by atoms with Gasteiger partial charge in [-0.3, -0.25) is 9.59 Å². The molecule has 0 atom stereocenters. The van der Waals surface area contributed by atoms with E-state index in [9.17, 15) is 9.59 Å². The Morgan fingerprint density at radius 1 is 0.824 bits per heavy atom. The van der Waals surface area contributed by atoms with Gasteiger partial charge < -0.3 is 24.5 Å². The van der Waals surface area contributed by atoms with Gasteiger partial charge in [-0.2, -0.15) is 0 Å². The minimum absolute atomic E-state index is 0.162. The van der Waals surface area contributed by atoms with E-state index in [0.717, 1.165) is 9.86 Å². The Kier molecular flexibility index (Phi) is 7.18. The maximum Gasteiger partial charge on any atom is 0.291 e. The number of ether oxygens (including phenoxy) is 2. The van der Waals surface area contributed by atoms with E-state index < -0.39 is 5.91 Å². The van der Waals surface area contributed by atoms with Gasteiger partial charge in [-0.1, -0.05) is 34.1 Å². The SMILES string of the molecule is CCOc1cc(NC(=O)c2cc3cc(Br)ccc3o2)c(OCC)cc1NC(=O)c1ccccc1. The highest BCUT2D eigenvalue weighted by molar-refractivity contribution is 9.10. The molecule has 0 spiro atoms. The molecule has 4 rings (SSSR count). The molecule has 0 saturated carbocycles. The van der Waals surface area contributed by atoms with Crippen LogP contribution < -0.4 is 20.1 Å². The molecule has 0 fully saturated rings. The van der Waals surface area contributed by atoms with E-state index >= 15 is 0 Å². The molecular weight excluding hydrogens is 500 g/mol. The van der Waals surface area contributed by atoms with Crippen LogP contribution in [0.4, 0.5) is 11.4 Å². The highest BCUT2D eigenvalue weighted by Crippen LogP contribution is 2.37. The zero-order chi connectivity index (χ0) is 24.1. The molecule has 8 heteroatoms. The smallest absolute Gasteiger partial charge is 0.291 e. The van der Waals surface area contributed by atoms with Crippen molar-refractivity contribution in [2.24, 2.45) is 0 Å². The maximum atomic E-state index is 13.0. The van der Waals surface area contributed by atoms with Crippen LogP contribution in [0.5, 0.6) is 11.5 Å². The van der Waals surface area contributed by atoms with E-state index in [-0.39, 0.29) is 11.7 Å². The number of hydrogen-bond donors (Lipinski definition) is 2. The first kappa shape index (κ1) is 23.4. The van der Waals surface area contributed by atoms with Crippen LogP contribution in [0.3, 0.4) is 0 Å². The van der Waals surface area contributed by atoms with E-state index in [1.807, 2.05) is 32.0 Å². The average Bonchev–Trinajstić information content (AvgIpc) is 3.26. The molecule has 1 aromatic heterocycles. The lowest BCUT2D eigenvalue weighted by Gasteiger charge is -2.17. The van der Waals surface area contributed by atoms with E-state index in [1.54, 1.807) is 48.5 Å². The summed E-state index contributed by atoms with van der Waals surface area (Å²) < 4.78 is 18.1. The Labute approximate surface area is 205 Å². The molecule has 0 aliphatic rings. The third kappa shape index (κ3) is 5.23. The van der Waals surface area contributed by atoms with Crippen molar-refractivity contribution >= 4 is 50.1 Å². The molecule has 4 aromatic rings. The van der Waals surface area contributed by atoms with Crippen molar-refractivity contribution in [3.05, 3.63) is 82.5 Å². The van der Waals surface area contributed by atoms with E-state index in [0.29, 0.717) is 47.2 Å². The molecule has 0 aliphatic carbocycles. The van der Waals surface area contributed by atoms with Crippen LogP contribution in [-0.4, -0.2) is 25.0 Å². The molecule has 2 N–H and O–H groups in total. The summed E-state index contributed by atoms with van der Waals surface area (Å²) in [6.45, 7) is 4.40. The van der Waals surface area contributed by atoms with Gasteiger partial charge >= 0.3 is 0 Å². The molecule has 2 amide bonds. The summed E-state index contributed by atoms with van der Waals surface area (Å²) in [6, 6.07) is 19.3. The molecule has 0 aliphatic heterocycles. The molecule has 0 saturated heterocycles. The second-order valence-electron chi connectivity index (χ2n) is 7.28. The van der Waals surface area contributed by atoms with Crippen LogP contribution in [-0.2, 0) is 0 Å². The first-order valence-corrected chi connectivity index (χ1v) is 11.6. The van der Waals surface area contributed by atoms with Gasteiger partial charge in [0.1, 0.15) is 17.1 Å². The summed E-state index contributed by atoms with van der Waals surface area (Å²) in [5.41, 5.74) is 1.95. The number of carbonyl (C=O) groups excluding carboxylic acids is 2. The average molecular weight is 523 g/mol. The Balaban J connectivity index is 1.64. The van der Waals surface area contributed by atoms with Crippen LogP contribution in [0.1, 0.15) is 34.8 Å². The minimum Gasteiger partial charge on any atom is -0.492 e. The summed E-state index contributed by atoms with van der Waals surface area (Å²) >= 11 is 3.42. The van der Waals surface area contributed by atoms with Crippen molar-refractivity contribution in [3.8, 4) is 11.5 Å². The summed E-state index contributed by atoms with van der Waals surface area (Å²) in [5.74, 6) is 0.238. The van der Waals surface area contributed by atoms with Crippen molar-refractivity contribution in [1.82, 2.24) is 0 Å². The van der Waals surface area contributed by atoms with Crippen LogP contribution in [0, 0.1) is 0 Å². The largest absolute Gasteiger partial charge is 0.492 e. The molecule has 0 bridgehead atoms. The van der Waals surface area contributed by atoms with Crippen molar-refractivity contribution in [2.75, 3.05) is 23.8 Å². The molecule has 0 unspecified atom stereocenters. The van der Waals surface area contributed by atoms with Crippen LogP contribution in [0.2, 0.25) is 0 Å². The van der Waals surface area contributed by atoms with Gasteiger partial charge in [-0.15, -0.1) is 0 Å². The van der Waals surface area contributed by atoms with E-state index in [4.69, 9.17) is 13.9 Å². The number of hydrogen-bond acceptors (Lipinski definition) is 5. The fourth-order valence-electron chi connectivity index (χ4n) is 3.40. The summed E-state index contributed by atoms with van der Waals surface area (Å²) in [6.07, 6.45) is 0. The summed E-state index contributed by atoms with van der Waals surface area (Å²) in [7, 11) is 0. The topological polar surface area (TPSA) is 89.8 Å². The fraction of sp³-hybridized carbons (Fsp3) is 0.154. The Morgan fingerprint density at radius 2 is 1.44 bits per heavy atom. The highest BCUT2D eigenvalue weighted by Gasteiger charge is 2.19. The number of rotatable bonds is 8. The monoisotopic (exact) mass is 522 g/mol. The van der Waals surface area contributed by atoms with Crippen molar-refractivity contribution in [2.45, 2.75) is 13.8 Å². The van der Waals surface area contributed by atoms with Gasteiger partial charge in [-0.25, -0.2) is 0 Å². The molecule has 3 aromatic carbocycles. The fourth-order valence-corrected chi connectivity index (χ4v) is 3.78. The Morgan fingerprint density at radius 3 is 2.06 bits per heavy atom. The molecule has 0 radical (unpaired) electrons. The minimum atomic E-state index is -0.434. The molecule has 1 heterocycles. The lowest BCUT2D eigenvalue weighted by atomic mass is 10.2. The van der Waals surface area contributed by atoms with Gasteiger partial charge in [0.05, 0.1) is 24.6 Å². The third-order valence-corrected chi connectivity index (χ3v) is 5.41. The molecule has 34 heavy (non-hydrogen) atoms. The number of carbonyl (C=O) groups is 2. The second kappa shape index (κ2) is 10.4. The molecule has 174 valence electrons. The zero-order valence-electron chi connectivity index (χ0n) is 18.7. The van der Waals surface area contributed by atoms with Gasteiger partial charge in [0.15, 0.2) is 5.76 Å². The number of anilines is 2. The second-order valence-corrected chi connectivity index (χ2v) is 8.19. The number of furan rings is 1. The summed E-state index contributed by atoms with van der Waals surface area (Å²) in [4.78, 5) is 25.7. The number of fused-ring (bicyclic) bond motifs is 1. The lowest BCUT2D eigenvalue weighted by Crippen LogP contribution is -2.15. The van der Waals surface area contributed by atoms with Gasteiger partial charge in [-0.05, 0) is 50.2 Å². The summed E-state index contributed by atoms with van der Waals surface area (Å²) in [5, 5.41) is 6.51. The Hall–Kier alpha value is -3.78. The predicted molar refractivity (Wildman–Crippen MR) is 135 cm³/mol. The standard InChI is InChI=1S/C26H23BrN2O5/c1-3-32-22-15-20(29-26(31)24-13-17-12-18(27)10-11-21(17)34-24)23(33-4-2)14-19(22)28-25(30)16-8-6-5-7-9-16/h5-15H,3-4H2,1-2H3,(H,28,30)(H,29,31). The van der Waals surface area contributed by atoms with Crippen molar-refractivity contribution in [1.29, 1.82) is 0 Å². The first-order chi connectivity index (χ1) is 16.5. The van der Waals surface area contributed by atoms with Gasteiger partial charge in [0, 0.05) is 27.6 Å². The predicted octanol–water partition coefficient (Wildman–Crippen LogP) is 6.50. The van der Waals surface area contributed by atoms with E-state index in [2.05, 4.69) is 26.6 Å². The van der Waals surface area contributed by atoms with E-state index in [1.165, 1.54) is 0 Å². The van der Waals surface area contributed by atoms with Crippen LogP contribution in [0.25, 0.3) is 11.0 Å². The number of halogens is 1. The zero-order valence-corrected chi connectivity index (χ0v) is 20.3. The number of benzene rings is 3. The van der Waals surface area contributed by atoms with Crippen molar-refractivity contribution < 1.29 is 23.5 Å². The Bertz CT molecular complexity index is 1330. The molecular formula is C26H23BrN2O5. The van der Waals surface area contributed by atoms with Gasteiger partial charge in [0.25, 0.3) is 11.8 Å². The quantitative estimate of drug-likeness (QED) is 0.275. The number of nitrogens with one attached hydrogen (secondary N) is 2. The van der Waals surface area contributed by atoms with Crippen LogP contribution in [0.15, 0.2) is 75.6 Å². The lowest BCUT2D eigenvalue weighted by molar-refractivity contribution is 0.0995. The molecule has 7 nitrogen and oxygen atoms in total. The first-order valence-electron chi connectivity index (χ1n) is 10.8. The van der Waals surface area contributed by atoms with Gasteiger partial charge in [0.2, 0.25) is 0 Å². The van der Waals surface area contributed by atoms with Crippen LogP contribution >= 0.6 is 15.9 Å². The normalized spacial score (nSPS) is 10.7. The highest BCUT2D eigenvalue weighted by atomic mass is 79.9. The maximum absolute atomic E-state index is 13.0. The van der Waals surface area contributed by atoms with Crippen molar-refractivity contribution in [3.63, 3.8) is 0 Å². The third-order valence-electron chi connectivity index (χ3n) is 4.92. The number of amides is 2.